The number of hydrogen-bond donors (Lipinski definition) is 3. The lowest BCUT2D eigenvalue weighted by molar-refractivity contribution is 0.404. The molecule has 1 heterocycles. The average Bonchev–Trinajstić information content (AvgIpc) is 2.39. The van der Waals surface area contributed by atoms with Crippen LogP contribution in [-0.2, 0) is 6.54 Å². The summed E-state index contributed by atoms with van der Waals surface area (Å²) in [6.07, 6.45) is 1.69. The van der Waals surface area contributed by atoms with E-state index in [0.29, 0.717) is 17.9 Å². The Bertz CT molecular complexity index is 606. The molecule has 0 atom stereocenters. The average molecular weight is 273 g/mol. The number of aromatic hydroxyl groups is 2. The summed E-state index contributed by atoms with van der Waals surface area (Å²) in [5.41, 5.74) is 1.55. The van der Waals surface area contributed by atoms with Gasteiger partial charge in [0, 0.05) is 23.8 Å². The fourth-order valence-corrected chi connectivity index (χ4v) is 1.65. The summed E-state index contributed by atoms with van der Waals surface area (Å²) >= 11 is 0. The Kier molecular flexibility index (Phi) is 3.90. The van der Waals surface area contributed by atoms with Gasteiger partial charge < -0.3 is 15.5 Å². The maximum Gasteiger partial charge on any atom is 0.159 e. The summed E-state index contributed by atoms with van der Waals surface area (Å²) in [5.74, 6) is 0.192. The van der Waals surface area contributed by atoms with Gasteiger partial charge in [0.25, 0.3) is 0 Å². The van der Waals surface area contributed by atoms with Crippen molar-refractivity contribution in [2.75, 3.05) is 0 Å². The standard InChI is InChI=1S/C15H19N3O2/c1-15(2,3)17-9-11-6-7-16-14(18-11)10-4-5-12(19)13(20)8-10/h4-8,17,19-20H,9H2,1-3H3. The molecule has 0 fully saturated rings. The van der Waals surface area contributed by atoms with Crippen molar-refractivity contribution < 1.29 is 10.2 Å². The lowest BCUT2D eigenvalue weighted by Gasteiger charge is -2.20. The molecule has 0 amide bonds. The van der Waals surface area contributed by atoms with Gasteiger partial charge in [-0.1, -0.05) is 0 Å². The summed E-state index contributed by atoms with van der Waals surface area (Å²) in [6.45, 7) is 6.91. The number of nitrogens with zero attached hydrogens (tertiary/aromatic N) is 2. The minimum atomic E-state index is -0.177. The van der Waals surface area contributed by atoms with Crippen LogP contribution in [0.15, 0.2) is 30.5 Å². The van der Waals surface area contributed by atoms with Crippen molar-refractivity contribution in [2.24, 2.45) is 0 Å². The monoisotopic (exact) mass is 273 g/mol. The zero-order valence-corrected chi connectivity index (χ0v) is 11.9. The van der Waals surface area contributed by atoms with Gasteiger partial charge in [0.2, 0.25) is 0 Å². The van der Waals surface area contributed by atoms with Crippen molar-refractivity contribution in [1.29, 1.82) is 0 Å². The first-order chi connectivity index (χ1) is 9.35. The lowest BCUT2D eigenvalue weighted by atomic mass is 10.1. The first-order valence-electron chi connectivity index (χ1n) is 6.44. The minimum Gasteiger partial charge on any atom is -0.504 e. The van der Waals surface area contributed by atoms with Crippen LogP contribution >= 0.6 is 0 Å². The van der Waals surface area contributed by atoms with E-state index in [1.807, 2.05) is 6.07 Å². The van der Waals surface area contributed by atoms with Crippen LogP contribution in [0.5, 0.6) is 11.5 Å². The Morgan fingerprint density at radius 3 is 2.50 bits per heavy atom. The number of phenolic OH excluding ortho intramolecular Hbond substituents is 2. The molecule has 5 nitrogen and oxygen atoms in total. The number of benzene rings is 1. The topological polar surface area (TPSA) is 78.3 Å². The third-order valence-corrected chi connectivity index (χ3v) is 2.75. The van der Waals surface area contributed by atoms with Crippen LogP contribution in [0.3, 0.4) is 0 Å². The van der Waals surface area contributed by atoms with E-state index in [9.17, 15) is 10.2 Å². The molecule has 20 heavy (non-hydrogen) atoms. The molecule has 1 aromatic carbocycles. The van der Waals surface area contributed by atoms with E-state index in [0.717, 1.165) is 5.69 Å². The van der Waals surface area contributed by atoms with Gasteiger partial charge in [0.05, 0.1) is 5.69 Å². The summed E-state index contributed by atoms with van der Waals surface area (Å²) < 4.78 is 0. The highest BCUT2D eigenvalue weighted by atomic mass is 16.3. The van der Waals surface area contributed by atoms with Gasteiger partial charge in [-0.25, -0.2) is 9.97 Å². The van der Waals surface area contributed by atoms with E-state index < -0.39 is 0 Å². The van der Waals surface area contributed by atoms with Gasteiger partial charge in [-0.05, 0) is 45.0 Å². The van der Waals surface area contributed by atoms with E-state index in [1.165, 1.54) is 12.1 Å². The fraction of sp³-hybridized carbons (Fsp3) is 0.333. The molecule has 0 bridgehead atoms. The van der Waals surface area contributed by atoms with E-state index in [-0.39, 0.29) is 17.0 Å². The van der Waals surface area contributed by atoms with E-state index in [2.05, 4.69) is 36.1 Å². The van der Waals surface area contributed by atoms with Crippen molar-refractivity contribution in [2.45, 2.75) is 32.9 Å². The highest BCUT2D eigenvalue weighted by molar-refractivity contribution is 5.60. The van der Waals surface area contributed by atoms with Gasteiger partial charge in [0.1, 0.15) is 0 Å². The predicted octanol–water partition coefficient (Wildman–Crippen LogP) is 2.44. The third-order valence-electron chi connectivity index (χ3n) is 2.75. The van der Waals surface area contributed by atoms with E-state index in [1.54, 1.807) is 12.3 Å². The molecule has 2 rings (SSSR count). The second-order valence-electron chi connectivity index (χ2n) is 5.68. The van der Waals surface area contributed by atoms with Gasteiger partial charge in [-0.2, -0.15) is 0 Å². The molecule has 1 aromatic heterocycles. The number of nitrogens with one attached hydrogen (secondary N) is 1. The largest absolute Gasteiger partial charge is 0.504 e. The van der Waals surface area contributed by atoms with Crippen LogP contribution in [0.4, 0.5) is 0 Å². The third kappa shape index (κ3) is 3.68. The molecule has 0 aliphatic rings. The van der Waals surface area contributed by atoms with E-state index in [4.69, 9.17) is 0 Å². The molecule has 2 aromatic rings. The van der Waals surface area contributed by atoms with Gasteiger partial charge >= 0.3 is 0 Å². The molecule has 0 saturated carbocycles. The maximum absolute atomic E-state index is 9.52. The van der Waals surface area contributed by atoms with Crippen molar-refractivity contribution in [3.63, 3.8) is 0 Å². The van der Waals surface area contributed by atoms with Crippen molar-refractivity contribution in [3.05, 3.63) is 36.2 Å². The van der Waals surface area contributed by atoms with Crippen molar-refractivity contribution in [1.82, 2.24) is 15.3 Å². The lowest BCUT2D eigenvalue weighted by Crippen LogP contribution is -2.35. The molecular formula is C15H19N3O2. The van der Waals surface area contributed by atoms with Crippen LogP contribution in [0.2, 0.25) is 0 Å². The second kappa shape index (κ2) is 5.46. The molecular weight excluding hydrogens is 254 g/mol. The molecule has 3 N–H and O–H groups in total. The molecule has 0 unspecified atom stereocenters. The van der Waals surface area contributed by atoms with Crippen LogP contribution in [-0.4, -0.2) is 25.7 Å². The molecule has 0 spiro atoms. The van der Waals surface area contributed by atoms with Gasteiger partial charge in [-0.15, -0.1) is 0 Å². The molecule has 106 valence electrons. The van der Waals surface area contributed by atoms with Gasteiger partial charge in [-0.3, -0.25) is 0 Å². The van der Waals surface area contributed by atoms with Crippen LogP contribution in [0.1, 0.15) is 26.5 Å². The van der Waals surface area contributed by atoms with Crippen molar-refractivity contribution >= 4 is 0 Å². The summed E-state index contributed by atoms with van der Waals surface area (Å²) in [5, 5.41) is 22.2. The molecule has 0 radical (unpaired) electrons. The van der Waals surface area contributed by atoms with Crippen molar-refractivity contribution in [3.8, 4) is 22.9 Å². The van der Waals surface area contributed by atoms with Crippen LogP contribution < -0.4 is 5.32 Å². The Hall–Kier alpha value is -2.14. The minimum absolute atomic E-state index is 0.0158. The Labute approximate surface area is 118 Å². The number of phenols is 2. The zero-order valence-electron chi connectivity index (χ0n) is 11.9. The normalized spacial score (nSPS) is 11.6. The fourth-order valence-electron chi connectivity index (χ4n) is 1.65. The highest BCUT2D eigenvalue weighted by Gasteiger charge is 2.10. The highest BCUT2D eigenvalue weighted by Crippen LogP contribution is 2.28. The second-order valence-corrected chi connectivity index (χ2v) is 5.68. The smallest absolute Gasteiger partial charge is 0.159 e. The summed E-state index contributed by atoms with van der Waals surface area (Å²) in [6, 6.07) is 6.40. The summed E-state index contributed by atoms with van der Waals surface area (Å²) in [7, 11) is 0. The first-order valence-corrected chi connectivity index (χ1v) is 6.44. The van der Waals surface area contributed by atoms with E-state index >= 15 is 0 Å². The SMILES string of the molecule is CC(C)(C)NCc1ccnc(-c2ccc(O)c(O)c2)n1. The molecule has 0 aliphatic carbocycles. The number of hydrogen-bond acceptors (Lipinski definition) is 5. The zero-order chi connectivity index (χ0) is 14.8. The molecule has 0 aliphatic heterocycles. The molecule has 5 heteroatoms. The van der Waals surface area contributed by atoms with Crippen LogP contribution in [0.25, 0.3) is 11.4 Å². The van der Waals surface area contributed by atoms with Crippen LogP contribution in [0, 0.1) is 0 Å². The maximum atomic E-state index is 9.52. The number of rotatable bonds is 3. The summed E-state index contributed by atoms with van der Waals surface area (Å²) in [4.78, 5) is 8.64. The predicted molar refractivity (Wildman–Crippen MR) is 77.4 cm³/mol. The Balaban J connectivity index is 2.23. The Morgan fingerprint density at radius 2 is 1.85 bits per heavy atom. The molecule has 0 saturated heterocycles. The first kappa shape index (κ1) is 14.3. The quantitative estimate of drug-likeness (QED) is 0.749. The number of aromatic nitrogens is 2. The Morgan fingerprint density at radius 1 is 1.10 bits per heavy atom. The van der Waals surface area contributed by atoms with Gasteiger partial charge in [0.15, 0.2) is 17.3 Å².